The van der Waals surface area contributed by atoms with Gasteiger partial charge in [-0.3, -0.25) is 4.79 Å². The molecule has 0 heterocycles. The number of nitrogens with zero attached hydrogens (tertiary/aromatic N) is 1. The Morgan fingerprint density at radius 2 is 1.61 bits per heavy atom. The molecule has 166 valence electrons. The smallest absolute Gasteiger partial charge is 0.255 e. The lowest BCUT2D eigenvalue weighted by Crippen LogP contribution is -2.31. The molecule has 7 heteroatoms. The van der Waals surface area contributed by atoms with E-state index in [4.69, 9.17) is 4.74 Å². The van der Waals surface area contributed by atoms with Crippen molar-refractivity contribution in [3.63, 3.8) is 0 Å². The fourth-order valence-corrected chi connectivity index (χ4v) is 4.25. The summed E-state index contributed by atoms with van der Waals surface area (Å²) in [5.74, 6) is 0.443. The summed E-state index contributed by atoms with van der Waals surface area (Å²) in [7, 11) is -3.67. The van der Waals surface area contributed by atoms with Gasteiger partial charge in [-0.1, -0.05) is 31.9 Å². The van der Waals surface area contributed by atoms with E-state index in [-0.39, 0.29) is 23.9 Å². The molecule has 2 aromatic carbocycles. The quantitative estimate of drug-likeness (QED) is 0.355. The van der Waals surface area contributed by atoms with Gasteiger partial charge in [0, 0.05) is 24.3 Å². The third-order valence-electron chi connectivity index (χ3n) is 4.55. The summed E-state index contributed by atoms with van der Waals surface area (Å²) < 4.78 is 32.4. The highest BCUT2D eigenvalue weighted by atomic mass is 32.2. The van der Waals surface area contributed by atoms with E-state index in [1.807, 2.05) is 0 Å². The second-order valence-electron chi connectivity index (χ2n) is 6.96. The number of hydrogen-bond acceptors (Lipinski definition) is 4. The maximum atomic E-state index is 12.7. The monoisotopic (exact) mass is 442 g/mol. The minimum absolute atomic E-state index is 0.138. The largest absolute Gasteiger partial charge is 0.494 e. The molecule has 0 radical (unpaired) electrons. The molecule has 0 saturated heterocycles. The van der Waals surface area contributed by atoms with Crippen LogP contribution in [-0.4, -0.2) is 38.3 Å². The molecule has 1 amide bonds. The summed E-state index contributed by atoms with van der Waals surface area (Å²) in [6.07, 6.45) is 6.32. The van der Waals surface area contributed by atoms with Crippen LogP contribution in [0.25, 0.3) is 0 Å². The summed E-state index contributed by atoms with van der Waals surface area (Å²) in [6, 6.07) is 13.0. The van der Waals surface area contributed by atoms with Gasteiger partial charge in [0.05, 0.1) is 11.5 Å². The summed E-state index contributed by atoms with van der Waals surface area (Å²) in [4.78, 5) is 12.6. The number of carbonyl (C=O) groups is 1. The van der Waals surface area contributed by atoms with Crippen molar-refractivity contribution < 1.29 is 17.9 Å². The van der Waals surface area contributed by atoms with Crippen LogP contribution in [0.4, 0.5) is 5.69 Å². The Kier molecular flexibility index (Phi) is 9.49. The number of unbranched alkanes of at least 4 members (excludes halogenated alkanes) is 2. The van der Waals surface area contributed by atoms with Gasteiger partial charge in [0.2, 0.25) is 10.0 Å². The summed E-state index contributed by atoms with van der Waals surface area (Å²) >= 11 is 0. The van der Waals surface area contributed by atoms with Crippen LogP contribution in [0.3, 0.4) is 0 Å². The SMILES string of the molecule is C=CCN(CC=C)S(=O)(=O)c1ccc(NC(=O)c2ccc(OCCCCC)cc2)cc1. The lowest BCUT2D eigenvalue weighted by atomic mass is 10.2. The van der Waals surface area contributed by atoms with E-state index in [9.17, 15) is 13.2 Å². The number of rotatable bonds is 13. The molecule has 0 aliphatic rings. The van der Waals surface area contributed by atoms with Gasteiger partial charge in [0.15, 0.2) is 0 Å². The molecule has 0 spiro atoms. The Balaban J connectivity index is 2.01. The highest BCUT2D eigenvalue weighted by Crippen LogP contribution is 2.20. The zero-order chi connectivity index (χ0) is 22.7. The van der Waals surface area contributed by atoms with Gasteiger partial charge in [-0.25, -0.2) is 8.42 Å². The molecule has 2 aromatic rings. The van der Waals surface area contributed by atoms with E-state index in [0.717, 1.165) is 25.0 Å². The Labute approximate surface area is 185 Å². The fourth-order valence-electron chi connectivity index (χ4n) is 2.87. The highest BCUT2D eigenvalue weighted by Gasteiger charge is 2.22. The minimum Gasteiger partial charge on any atom is -0.494 e. The van der Waals surface area contributed by atoms with Crippen LogP contribution in [0.2, 0.25) is 0 Å². The van der Waals surface area contributed by atoms with E-state index in [1.165, 1.54) is 28.6 Å². The topological polar surface area (TPSA) is 75.7 Å². The van der Waals surface area contributed by atoms with Crippen molar-refractivity contribution in [3.8, 4) is 5.75 Å². The van der Waals surface area contributed by atoms with Gasteiger partial charge >= 0.3 is 0 Å². The first-order valence-electron chi connectivity index (χ1n) is 10.3. The van der Waals surface area contributed by atoms with Crippen LogP contribution in [-0.2, 0) is 10.0 Å². The van der Waals surface area contributed by atoms with Crippen molar-refractivity contribution in [2.75, 3.05) is 25.0 Å². The van der Waals surface area contributed by atoms with Crippen LogP contribution in [0.1, 0.15) is 36.5 Å². The second kappa shape index (κ2) is 12.1. The summed E-state index contributed by atoms with van der Waals surface area (Å²) in [5, 5.41) is 2.78. The zero-order valence-electron chi connectivity index (χ0n) is 17.9. The van der Waals surface area contributed by atoms with Crippen LogP contribution in [0, 0.1) is 0 Å². The van der Waals surface area contributed by atoms with Crippen LogP contribution >= 0.6 is 0 Å². The molecule has 0 aliphatic carbocycles. The number of nitrogens with one attached hydrogen (secondary N) is 1. The summed E-state index contributed by atoms with van der Waals surface area (Å²) in [6.45, 7) is 10.4. The lowest BCUT2D eigenvalue weighted by Gasteiger charge is -2.19. The normalized spacial score (nSPS) is 11.2. The standard InChI is InChI=1S/C24H30N2O4S/c1-4-7-8-19-30-22-13-9-20(10-14-22)24(27)25-21-11-15-23(16-12-21)31(28,29)26(17-5-2)18-6-3/h5-6,9-16H,2-4,7-8,17-19H2,1H3,(H,25,27). The molecule has 0 fully saturated rings. The average Bonchev–Trinajstić information content (AvgIpc) is 2.77. The number of anilines is 1. The van der Waals surface area contributed by atoms with Crippen molar-refractivity contribution in [1.29, 1.82) is 0 Å². The number of sulfonamides is 1. The van der Waals surface area contributed by atoms with E-state index in [1.54, 1.807) is 36.4 Å². The minimum atomic E-state index is -3.67. The van der Waals surface area contributed by atoms with Crippen LogP contribution in [0.5, 0.6) is 5.75 Å². The number of hydrogen-bond donors (Lipinski definition) is 1. The third-order valence-corrected chi connectivity index (χ3v) is 6.39. The first-order valence-corrected chi connectivity index (χ1v) is 11.7. The zero-order valence-corrected chi connectivity index (χ0v) is 18.7. The maximum Gasteiger partial charge on any atom is 0.255 e. The van der Waals surface area contributed by atoms with Gasteiger partial charge in [-0.15, -0.1) is 13.2 Å². The first-order chi connectivity index (χ1) is 14.9. The second-order valence-corrected chi connectivity index (χ2v) is 8.90. The predicted molar refractivity (Wildman–Crippen MR) is 125 cm³/mol. The maximum absolute atomic E-state index is 12.7. The molecule has 2 rings (SSSR count). The molecular weight excluding hydrogens is 412 g/mol. The average molecular weight is 443 g/mol. The van der Waals surface area contributed by atoms with E-state index < -0.39 is 10.0 Å². The number of carbonyl (C=O) groups excluding carboxylic acids is 1. The Bertz CT molecular complexity index is 958. The van der Waals surface area contributed by atoms with Crippen molar-refractivity contribution in [1.82, 2.24) is 4.31 Å². The molecule has 31 heavy (non-hydrogen) atoms. The lowest BCUT2D eigenvalue weighted by molar-refractivity contribution is 0.102. The number of amides is 1. The molecule has 0 unspecified atom stereocenters. The first kappa shape index (κ1) is 24.4. The number of benzene rings is 2. The Morgan fingerprint density at radius 3 is 2.16 bits per heavy atom. The van der Waals surface area contributed by atoms with Crippen molar-refractivity contribution in [2.24, 2.45) is 0 Å². The molecule has 6 nitrogen and oxygen atoms in total. The van der Waals surface area contributed by atoms with E-state index in [0.29, 0.717) is 17.9 Å². The van der Waals surface area contributed by atoms with Crippen molar-refractivity contribution in [2.45, 2.75) is 31.1 Å². The van der Waals surface area contributed by atoms with Crippen LogP contribution < -0.4 is 10.1 Å². The molecule has 0 aromatic heterocycles. The Morgan fingerprint density at radius 1 is 1.00 bits per heavy atom. The molecule has 1 N–H and O–H groups in total. The van der Waals surface area contributed by atoms with Gasteiger partial charge in [0.25, 0.3) is 5.91 Å². The highest BCUT2D eigenvalue weighted by molar-refractivity contribution is 7.89. The van der Waals surface area contributed by atoms with Gasteiger partial charge in [-0.2, -0.15) is 4.31 Å². The Hall–Kier alpha value is -2.90. The van der Waals surface area contributed by atoms with E-state index in [2.05, 4.69) is 25.4 Å². The molecule has 0 aliphatic heterocycles. The fraction of sp³-hybridized carbons (Fsp3) is 0.292. The van der Waals surface area contributed by atoms with Gasteiger partial charge in [0.1, 0.15) is 5.75 Å². The molecule has 0 bridgehead atoms. The van der Waals surface area contributed by atoms with Crippen molar-refractivity contribution >= 4 is 21.6 Å². The van der Waals surface area contributed by atoms with Gasteiger partial charge in [-0.05, 0) is 55.0 Å². The molecular formula is C24H30N2O4S. The van der Waals surface area contributed by atoms with Crippen molar-refractivity contribution in [3.05, 3.63) is 79.4 Å². The predicted octanol–water partition coefficient (Wildman–Crippen LogP) is 4.87. The summed E-state index contributed by atoms with van der Waals surface area (Å²) in [5.41, 5.74) is 0.989. The van der Waals surface area contributed by atoms with Gasteiger partial charge < -0.3 is 10.1 Å². The molecule has 0 atom stereocenters. The number of ether oxygens (including phenoxy) is 1. The van der Waals surface area contributed by atoms with E-state index >= 15 is 0 Å². The van der Waals surface area contributed by atoms with Crippen LogP contribution in [0.15, 0.2) is 78.7 Å². The third kappa shape index (κ3) is 7.08. The molecule has 0 saturated carbocycles.